The van der Waals surface area contributed by atoms with Crippen molar-refractivity contribution in [2.45, 2.75) is 45.4 Å². The molecule has 2 heteroatoms. The van der Waals surface area contributed by atoms with Crippen molar-refractivity contribution in [2.75, 3.05) is 0 Å². The van der Waals surface area contributed by atoms with Gasteiger partial charge in [0.15, 0.2) is 0 Å². The third-order valence-corrected chi connectivity index (χ3v) is 2.46. The molecule has 0 heterocycles. The van der Waals surface area contributed by atoms with Gasteiger partial charge >= 0.3 is 0 Å². The summed E-state index contributed by atoms with van der Waals surface area (Å²) in [5.74, 6) is 0.528. The summed E-state index contributed by atoms with van der Waals surface area (Å²) >= 11 is 0. The minimum Gasteiger partial charge on any atom is -0.299 e. The number of rotatable bonds is 5. The first-order valence-corrected chi connectivity index (χ1v) is 4.78. The molecule has 0 saturated heterocycles. The highest BCUT2D eigenvalue weighted by atomic mass is 16.1. The molecule has 0 atom stereocenters. The summed E-state index contributed by atoms with van der Waals surface area (Å²) < 4.78 is 0. The van der Waals surface area contributed by atoms with Crippen LogP contribution in [-0.4, -0.2) is 11.6 Å². The van der Waals surface area contributed by atoms with Gasteiger partial charge in [-0.1, -0.05) is 13.3 Å². The smallest absolute Gasteiger partial charge is 0.143 e. The molecular weight excluding hydrogens is 152 g/mol. The van der Waals surface area contributed by atoms with E-state index in [1.807, 2.05) is 6.92 Å². The number of ketones is 2. The summed E-state index contributed by atoms with van der Waals surface area (Å²) in [6.45, 7) is 1.96. The van der Waals surface area contributed by atoms with Gasteiger partial charge in [0.2, 0.25) is 0 Å². The average Bonchev–Trinajstić information content (AvgIpc) is 1.82. The molecule has 12 heavy (non-hydrogen) atoms. The Bertz CT molecular complexity index is 180. The van der Waals surface area contributed by atoms with Crippen LogP contribution < -0.4 is 0 Å². The number of hydrogen-bond donors (Lipinski definition) is 0. The van der Waals surface area contributed by atoms with Crippen molar-refractivity contribution in [3.8, 4) is 0 Å². The van der Waals surface area contributed by atoms with Crippen LogP contribution in [0.5, 0.6) is 0 Å². The van der Waals surface area contributed by atoms with Crippen molar-refractivity contribution in [1.29, 1.82) is 0 Å². The highest BCUT2D eigenvalue weighted by Crippen LogP contribution is 2.28. The van der Waals surface area contributed by atoms with E-state index in [1.165, 1.54) is 6.42 Å². The van der Waals surface area contributed by atoms with Gasteiger partial charge in [-0.15, -0.1) is 0 Å². The summed E-state index contributed by atoms with van der Waals surface area (Å²) in [6, 6.07) is 0. The maximum Gasteiger partial charge on any atom is 0.143 e. The Balaban J connectivity index is 2.20. The van der Waals surface area contributed by atoms with Crippen molar-refractivity contribution in [3.05, 3.63) is 0 Å². The lowest BCUT2D eigenvalue weighted by Crippen LogP contribution is -2.23. The SMILES string of the molecule is CCCC(=O)CC(=O)C1CCC1. The normalized spacial score (nSPS) is 17.1. The molecule has 0 unspecified atom stereocenters. The molecule has 1 aliphatic carbocycles. The van der Waals surface area contributed by atoms with Gasteiger partial charge in [0, 0.05) is 12.3 Å². The first-order valence-electron chi connectivity index (χ1n) is 4.78. The van der Waals surface area contributed by atoms with Crippen LogP contribution in [0.4, 0.5) is 0 Å². The second-order valence-electron chi connectivity index (χ2n) is 3.56. The van der Waals surface area contributed by atoms with Gasteiger partial charge in [0.05, 0.1) is 6.42 Å². The predicted octanol–water partition coefficient (Wildman–Crippen LogP) is 2.11. The van der Waals surface area contributed by atoms with E-state index in [-0.39, 0.29) is 23.9 Å². The van der Waals surface area contributed by atoms with Crippen molar-refractivity contribution in [3.63, 3.8) is 0 Å². The number of Topliss-reactive ketones (excluding diaryl/α,β-unsaturated/α-hetero) is 2. The Morgan fingerprint density at radius 2 is 2.00 bits per heavy atom. The molecule has 1 aliphatic rings. The standard InChI is InChI=1S/C10H16O2/c1-2-4-9(11)7-10(12)8-5-3-6-8/h8H,2-7H2,1H3. The number of carbonyl (C=O) groups is 2. The molecule has 0 aliphatic heterocycles. The van der Waals surface area contributed by atoms with E-state index in [0.717, 1.165) is 19.3 Å². The molecule has 0 N–H and O–H groups in total. The highest BCUT2D eigenvalue weighted by molar-refractivity contribution is 6.00. The summed E-state index contributed by atoms with van der Waals surface area (Å²) in [4.78, 5) is 22.4. The van der Waals surface area contributed by atoms with Crippen molar-refractivity contribution in [2.24, 2.45) is 5.92 Å². The predicted molar refractivity (Wildman–Crippen MR) is 46.9 cm³/mol. The van der Waals surface area contributed by atoms with Crippen LogP contribution in [-0.2, 0) is 9.59 Å². The van der Waals surface area contributed by atoms with Crippen molar-refractivity contribution >= 4 is 11.6 Å². The van der Waals surface area contributed by atoms with Crippen LogP contribution in [0.1, 0.15) is 45.4 Å². The minimum atomic E-state index is 0.120. The lowest BCUT2D eigenvalue weighted by Gasteiger charge is -2.23. The summed E-state index contributed by atoms with van der Waals surface area (Å²) in [5.41, 5.74) is 0. The van der Waals surface area contributed by atoms with Crippen LogP contribution >= 0.6 is 0 Å². The third kappa shape index (κ3) is 2.43. The van der Waals surface area contributed by atoms with E-state index >= 15 is 0 Å². The first kappa shape index (κ1) is 9.43. The first-order chi connectivity index (χ1) is 5.74. The fourth-order valence-corrected chi connectivity index (χ4v) is 1.44. The van der Waals surface area contributed by atoms with E-state index in [9.17, 15) is 9.59 Å². The molecule has 0 bridgehead atoms. The summed E-state index contributed by atoms with van der Waals surface area (Å²) in [6.07, 6.45) is 4.81. The maximum atomic E-state index is 11.3. The molecule has 1 rings (SSSR count). The summed E-state index contributed by atoms with van der Waals surface area (Å²) in [5, 5.41) is 0. The van der Waals surface area contributed by atoms with Gasteiger partial charge in [-0.25, -0.2) is 0 Å². The van der Waals surface area contributed by atoms with E-state index < -0.39 is 0 Å². The van der Waals surface area contributed by atoms with Crippen LogP contribution in [0.25, 0.3) is 0 Å². The van der Waals surface area contributed by atoms with E-state index in [0.29, 0.717) is 6.42 Å². The van der Waals surface area contributed by atoms with Crippen molar-refractivity contribution in [1.82, 2.24) is 0 Å². The Morgan fingerprint density at radius 1 is 1.33 bits per heavy atom. The van der Waals surface area contributed by atoms with Gasteiger partial charge in [-0.05, 0) is 19.3 Å². The number of hydrogen-bond acceptors (Lipinski definition) is 2. The third-order valence-electron chi connectivity index (χ3n) is 2.46. The Hall–Kier alpha value is -0.660. The maximum absolute atomic E-state index is 11.3. The Kier molecular flexibility index (Phi) is 3.45. The van der Waals surface area contributed by atoms with Gasteiger partial charge in [-0.3, -0.25) is 9.59 Å². The molecule has 68 valence electrons. The quantitative estimate of drug-likeness (QED) is 0.589. The van der Waals surface area contributed by atoms with Crippen LogP contribution in [0.2, 0.25) is 0 Å². The molecule has 0 radical (unpaired) electrons. The molecule has 2 nitrogen and oxygen atoms in total. The lowest BCUT2D eigenvalue weighted by atomic mass is 9.80. The zero-order chi connectivity index (χ0) is 8.97. The minimum absolute atomic E-state index is 0.120. The van der Waals surface area contributed by atoms with E-state index in [2.05, 4.69) is 0 Å². The van der Waals surface area contributed by atoms with Crippen LogP contribution in [0.15, 0.2) is 0 Å². The van der Waals surface area contributed by atoms with E-state index in [4.69, 9.17) is 0 Å². The molecule has 1 saturated carbocycles. The molecule has 0 spiro atoms. The zero-order valence-electron chi connectivity index (χ0n) is 7.64. The topological polar surface area (TPSA) is 34.1 Å². The van der Waals surface area contributed by atoms with Gasteiger partial charge in [-0.2, -0.15) is 0 Å². The second kappa shape index (κ2) is 4.39. The van der Waals surface area contributed by atoms with E-state index in [1.54, 1.807) is 0 Å². The van der Waals surface area contributed by atoms with Crippen molar-refractivity contribution < 1.29 is 9.59 Å². The van der Waals surface area contributed by atoms with Crippen LogP contribution in [0, 0.1) is 5.92 Å². The second-order valence-corrected chi connectivity index (χ2v) is 3.56. The molecule has 0 aromatic rings. The Labute approximate surface area is 73.3 Å². The monoisotopic (exact) mass is 168 g/mol. The lowest BCUT2D eigenvalue weighted by molar-refractivity contribution is -0.130. The molecule has 0 aromatic heterocycles. The fourth-order valence-electron chi connectivity index (χ4n) is 1.44. The Morgan fingerprint density at radius 3 is 2.42 bits per heavy atom. The van der Waals surface area contributed by atoms with Gasteiger partial charge < -0.3 is 0 Å². The summed E-state index contributed by atoms with van der Waals surface area (Å²) in [7, 11) is 0. The molecule has 0 amide bonds. The molecule has 0 aromatic carbocycles. The fraction of sp³-hybridized carbons (Fsp3) is 0.800. The van der Waals surface area contributed by atoms with Gasteiger partial charge in [0.1, 0.15) is 11.6 Å². The van der Waals surface area contributed by atoms with Crippen LogP contribution in [0.3, 0.4) is 0 Å². The average molecular weight is 168 g/mol. The highest BCUT2D eigenvalue weighted by Gasteiger charge is 2.25. The molecule has 1 fully saturated rings. The number of carbonyl (C=O) groups excluding carboxylic acids is 2. The largest absolute Gasteiger partial charge is 0.299 e. The zero-order valence-corrected chi connectivity index (χ0v) is 7.64. The van der Waals surface area contributed by atoms with Gasteiger partial charge in [0.25, 0.3) is 0 Å². The molecular formula is C10H16O2.